The van der Waals surface area contributed by atoms with Crippen molar-refractivity contribution < 1.29 is 9.90 Å². The molecule has 1 aromatic carbocycles. The average molecular weight is 233 g/mol. The van der Waals surface area contributed by atoms with Gasteiger partial charge in [-0.25, -0.2) is 0 Å². The van der Waals surface area contributed by atoms with Crippen molar-refractivity contribution in [2.24, 2.45) is 11.8 Å². The fraction of sp³-hybridized carbons (Fsp3) is 0.500. The number of amides is 1. The summed E-state index contributed by atoms with van der Waals surface area (Å²) < 4.78 is 0. The molecule has 1 saturated carbocycles. The predicted octanol–water partition coefficient (Wildman–Crippen LogP) is 2.10. The third-order valence-corrected chi connectivity index (χ3v) is 3.39. The van der Waals surface area contributed by atoms with Crippen molar-refractivity contribution >= 4 is 5.91 Å². The van der Waals surface area contributed by atoms with E-state index in [1.54, 1.807) is 12.1 Å². The normalized spacial score (nSPS) is 16.5. The Bertz CT molecular complexity index is 382. The molecule has 0 aromatic heterocycles. The smallest absolute Gasteiger partial charge is 0.223 e. The second-order valence-electron chi connectivity index (χ2n) is 4.83. The van der Waals surface area contributed by atoms with Crippen LogP contribution in [0.25, 0.3) is 0 Å². The molecule has 0 saturated heterocycles. The minimum Gasteiger partial charge on any atom is -0.508 e. The van der Waals surface area contributed by atoms with Gasteiger partial charge in [-0.15, -0.1) is 0 Å². The molecule has 3 heteroatoms. The zero-order valence-electron chi connectivity index (χ0n) is 10.1. The van der Waals surface area contributed by atoms with E-state index in [2.05, 4.69) is 5.32 Å². The van der Waals surface area contributed by atoms with Gasteiger partial charge in [0, 0.05) is 12.5 Å². The van der Waals surface area contributed by atoms with Crippen LogP contribution in [0.1, 0.15) is 25.3 Å². The molecule has 0 bridgehead atoms. The van der Waals surface area contributed by atoms with E-state index in [1.165, 1.54) is 12.8 Å². The van der Waals surface area contributed by atoms with Gasteiger partial charge < -0.3 is 10.4 Å². The lowest BCUT2D eigenvalue weighted by atomic mass is 10.1. The first kappa shape index (κ1) is 12.0. The Hall–Kier alpha value is -1.51. The Morgan fingerprint density at radius 2 is 2.06 bits per heavy atom. The van der Waals surface area contributed by atoms with E-state index in [0.29, 0.717) is 12.5 Å². The summed E-state index contributed by atoms with van der Waals surface area (Å²) in [5.74, 6) is 1.23. The number of phenols is 1. The van der Waals surface area contributed by atoms with Gasteiger partial charge in [0.25, 0.3) is 0 Å². The van der Waals surface area contributed by atoms with Gasteiger partial charge in [-0.05, 0) is 42.9 Å². The summed E-state index contributed by atoms with van der Waals surface area (Å²) >= 11 is 0. The second kappa shape index (κ2) is 5.21. The molecule has 1 aliphatic carbocycles. The van der Waals surface area contributed by atoms with Crippen LogP contribution in [0.3, 0.4) is 0 Å². The molecule has 3 nitrogen and oxygen atoms in total. The lowest BCUT2D eigenvalue weighted by molar-refractivity contribution is -0.125. The van der Waals surface area contributed by atoms with Crippen LogP contribution in [0.4, 0.5) is 0 Å². The fourth-order valence-corrected chi connectivity index (χ4v) is 1.96. The molecule has 92 valence electrons. The number of rotatable bonds is 5. The standard InChI is InChI=1S/C14H19NO2/c1-10(12-4-5-12)14(17)15-9-8-11-2-6-13(16)7-3-11/h2-3,6-7,10,12,16H,4-5,8-9H2,1H3,(H,15,17). The molecule has 1 atom stereocenters. The number of carbonyl (C=O) groups excluding carboxylic acids is 1. The molecule has 1 unspecified atom stereocenters. The van der Waals surface area contributed by atoms with E-state index in [9.17, 15) is 4.79 Å². The molecule has 0 heterocycles. The summed E-state index contributed by atoms with van der Waals surface area (Å²) in [6, 6.07) is 7.10. The van der Waals surface area contributed by atoms with E-state index in [-0.39, 0.29) is 17.6 Å². The van der Waals surface area contributed by atoms with Crippen LogP contribution in [-0.2, 0) is 11.2 Å². The van der Waals surface area contributed by atoms with Gasteiger partial charge in [0.2, 0.25) is 5.91 Å². The molecule has 0 aliphatic heterocycles. The van der Waals surface area contributed by atoms with Crippen LogP contribution in [0.15, 0.2) is 24.3 Å². The van der Waals surface area contributed by atoms with Crippen LogP contribution in [0.2, 0.25) is 0 Å². The third kappa shape index (κ3) is 3.48. The zero-order valence-corrected chi connectivity index (χ0v) is 10.1. The molecule has 1 amide bonds. The first-order chi connectivity index (χ1) is 8.16. The molecular weight excluding hydrogens is 214 g/mol. The highest BCUT2D eigenvalue weighted by Gasteiger charge is 2.32. The van der Waals surface area contributed by atoms with Gasteiger partial charge in [-0.2, -0.15) is 0 Å². The Balaban J connectivity index is 1.71. The molecule has 1 aliphatic rings. The summed E-state index contributed by atoms with van der Waals surface area (Å²) in [6.07, 6.45) is 3.21. The Labute approximate surface area is 102 Å². The molecule has 17 heavy (non-hydrogen) atoms. The van der Waals surface area contributed by atoms with Gasteiger partial charge >= 0.3 is 0 Å². The number of carbonyl (C=O) groups is 1. The van der Waals surface area contributed by atoms with E-state index in [0.717, 1.165) is 12.0 Å². The number of phenolic OH excluding ortho intramolecular Hbond substituents is 1. The molecule has 0 spiro atoms. The topological polar surface area (TPSA) is 49.3 Å². The first-order valence-corrected chi connectivity index (χ1v) is 6.22. The average Bonchev–Trinajstić information content (AvgIpc) is 3.14. The summed E-state index contributed by atoms with van der Waals surface area (Å²) in [7, 11) is 0. The fourth-order valence-electron chi connectivity index (χ4n) is 1.96. The highest BCUT2D eigenvalue weighted by Crippen LogP contribution is 2.36. The summed E-state index contributed by atoms with van der Waals surface area (Å²) in [5, 5.41) is 12.1. The van der Waals surface area contributed by atoms with Crippen LogP contribution in [0.5, 0.6) is 5.75 Å². The van der Waals surface area contributed by atoms with Crippen molar-refractivity contribution in [2.45, 2.75) is 26.2 Å². The molecule has 1 fully saturated rings. The lowest BCUT2D eigenvalue weighted by Gasteiger charge is -2.10. The van der Waals surface area contributed by atoms with Crippen molar-refractivity contribution in [1.82, 2.24) is 5.32 Å². The van der Waals surface area contributed by atoms with E-state index in [4.69, 9.17) is 5.11 Å². The minimum atomic E-state index is 0.162. The maximum absolute atomic E-state index is 11.7. The molecule has 2 rings (SSSR count). The van der Waals surface area contributed by atoms with E-state index < -0.39 is 0 Å². The van der Waals surface area contributed by atoms with Gasteiger partial charge in [0.05, 0.1) is 0 Å². The van der Waals surface area contributed by atoms with Crippen molar-refractivity contribution in [1.29, 1.82) is 0 Å². The largest absolute Gasteiger partial charge is 0.508 e. The van der Waals surface area contributed by atoms with Crippen molar-refractivity contribution in [2.75, 3.05) is 6.54 Å². The maximum atomic E-state index is 11.7. The summed E-state index contributed by atoms with van der Waals surface area (Å²) in [4.78, 5) is 11.7. The number of hydrogen-bond acceptors (Lipinski definition) is 2. The van der Waals surface area contributed by atoms with E-state index >= 15 is 0 Å². The van der Waals surface area contributed by atoms with Crippen molar-refractivity contribution in [3.8, 4) is 5.75 Å². The van der Waals surface area contributed by atoms with Gasteiger partial charge in [0.15, 0.2) is 0 Å². The van der Waals surface area contributed by atoms with Crippen molar-refractivity contribution in [3.63, 3.8) is 0 Å². The SMILES string of the molecule is CC(C(=O)NCCc1ccc(O)cc1)C1CC1. The maximum Gasteiger partial charge on any atom is 0.223 e. The van der Waals surface area contributed by atoms with Crippen molar-refractivity contribution in [3.05, 3.63) is 29.8 Å². The minimum absolute atomic E-state index is 0.162. The van der Waals surface area contributed by atoms with Crippen LogP contribution in [-0.4, -0.2) is 17.6 Å². The quantitative estimate of drug-likeness (QED) is 0.818. The Kier molecular flexibility index (Phi) is 3.67. The van der Waals surface area contributed by atoms with E-state index in [1.807, 2.05) is 19.1 Å². The number of nitrogens with one attached hydrogen (secondary N) is 1. The number of hydrogen-bond donors (Lipinski definition) is 2. The van der Waals surface area contributed by atoms with Crippen LogP contribution < -0.4 is 5.32 Å². The summed E-state index contributed by atoms with van der Waals surface area (Å²) in [5.41, 5.74) is 1.13. The van der Waals surface area contributed by atoms with Crippen LogP contribution in [0, 0.1) is 11.8 Å². The first-order valence-electron chi connectivity index (χ1n) is 6.22. The van der Waals surface area contributed by atoms with Crippen LogP contribution >= 0.6 is 0 Å². The predicted molar refractivity (Wildman–Crippen MR) is 66.7 cm³/mol. The van der Waals surface area contributed by atoms with Gasteiger partial charge in [-0.3, -0.25) is 4.79 Å². The molecule has 1 aromatic rings. The monoisotopic (exact) mass is 233 g/mol. The van der Waals surface area contributed by atoms with Gasteiger partial charge in [0.1, 0.15) is 5.75 Å². The second-order valence-corrected chi connectivity index (χ2v) is 4.83. The molecular formula is C14H19NO2. The summed E-state index contributed by atoms with van der Waals surface area (Å²) in [6.45, 7) is 2.67. The Morgan fingerprint density at radius 1 is 1.41 bits per heavy atom. The Morgan fingerprint density at radius 3 is 2.65 bits per heavy atom. The highest BCUT2D eigenvalue weighted by atomic mass is 16.3. The molecule has 2 N–H and O–H groups in total. The number of benzene rings is 1. The lowest BCUT2D eigenvalue weighted by Crippen LogP contribution is -2.31. The molecule has 0 radical (unpaired) electrons. The zero-order chi connectivity index (χ0) is 12.3. The number of aromatic hydroxyl groups is 1. The highest BCUT2D eigenvalue weighted by molar-refractivity contribution is 5.78. The van der Waals surface area contributed by atoms with Gasteiger partial charge in [-0.1, -0.05) is 19.1 Å². The third-order valence-electron chi connectivity index (χ3n) is 3.39.